The Kier molecular flexibility index (Phi) is 3.33. The van der Waals surface area contributed by atoms with Gasteiger partial charge in [-0.1, -0.05) is 0 Å². The summed E-state index contributed by atoms with van der Waals surface area (Å²) in [6.45, 7) is 3.33. The van der Waals surface area contributed by atoms with Crippen LogP contribution in [0.25, 0.3) is 16.7 Å². The molecule has 0 radical (unpaired) electrons. The number of aromatic nitrogens is 5. The first-order valence-corrected chi connectivity index (χ1v) is 6.55. The van der Waals surface area contributed by atoms with E-state index in [4.69, 9.17) is 4.74 Å². The van der Waals surface area contributed by atoms with Crippen LogP contribution in [0.1, 0.15) is 11.5 Å². The Hall–Kier alpha value is -2.81. The van der Waals surface area contributed by atoms with Crippen molar-refractivity contribution in [2.45, 2.75) is 13.8 Å². The second-order valence-electron chi connectivity index (χ2n) is 4.82. The Balaban J connectivity index is 2.23. The number of nitrogens with one attached hydrogen (secondary N) is 1. The highest BCUT2D eigenvalue weighted by atomic mass is 16.5. The molecule has 0 aromatic carbocycles. The fourth-order valence-corrected chi connectivity index (χ4v) is 2.23. The van der Waals surface area contributed by atoms with Gasteiger partial charge in [0, 0.05) is 19.0 Å². The third kappa shape index (κ3) is 2.21. The van der Waals surface area contributed by atoms with Gasteiger partial charge in [0.05, 0.1) is 10.9 Å². The molecule has 22 heavy (non-hydrogen) atoms. The molecule has 3 aromatic rings. The normalized spacial score (nSPS) is 11.2. The van der Waals surface area contributed by atoms with Gasteiger partial charge in [-0.15, -0.1) is 5.10 Å². The molecule has 9 heteroatoms. The molecule has 0 fully saturated rings. The third-order valence-electron chi connectivity index (χ3n) is 3.15. The smallest absolute Gasteiger partial charge is 0.280 e. The molecule has 0 saturated heterocycles. The van der Waals surface area contributed by atoms with Crippen LogP contribution in [0.15, 0.2) is 17.1 Å². The number of ether oxygens (including phenoxy) is 1. The molecule has 114 valence electrons. The Morgan fingerprint density at radius 1 is 1.41 bits per heavy atom. The first-order valence-electron chi connectivity index (χ1n) is 6.55. The highest BCUT2D eigenvalue weighted by Gasteiger charge is 2.13. The number of nitrogens with zero attached hydrogens (tertiary/aromatic N) is 5. The third-order valence-corrected chi connectivity index (χ3v) is 3.15. The van der Waals surface area contributed by atoms with Crippen LogP contribution in [0, 0.1) is 13.8 Å². The highest BCUT2D eigenvalue weighted by Crippen LogP contribution is 2.12. The number of hydrogen-bond donors (Lipinski definition) is 1. The minimum Gasteiger partial charge on any atom is -0.375 e. The SMILES string of the molecule is COCC(=O)Nn1c(C)cc2c(cnc3nc(C)nn32)c1=O. The molecule has 0 spiro atoms. The maximum Gasteiger partial charge on any atom is 0.280 e. The van der Waals surface area contributed by atoms with E-state index in [-0.39, 0.29) is 12.2 Å². The van der Waals surface area contributed by atoms with Gasteiger partial charge in [0.25, 0.3) is 17.2 Å². The van der Waals surface area contributed by atoms with Crippen molar-refractivity contribution in [3.05, 3.63) is 34.1 Å². The largest absolute Gasteiger partial charge is 0.375 e. The summed E-state index contributed by atoms with van der Waals surface area (Å²) in [6, 6.07) is 1.74. The number of amides is 1. The maximum absolute atomic E-state index is 12.5. The van der Waals surface area contributed by atoms with E-state index in [1.807, 2.05) is 0 Å². The van der Waals surface area contributed by atoms with Crippen LogP contribution in [0.3, 0.4) is 0 Å². The van der Waals surface area contributed by atoms with E-state index in [0.717, 1.165) is 0 Å². The lowest BCUT2D eigenvalue weighted by atomic mass is 10.2. The Morgan fingerprint density at radius 3 is 2.91 bits per heavy atom. The van der Waals surface area contributed by atoms with Gasteiger partial charge in [0.2, 0.25) is 0 Å². The van der Waals surface area contributed by atoms with E-state index >= 15 is 0 Å². The van der Waals surface area contributed by atoms with Crippen molar-refractivity contribution in [3.8, 4) is 0 Å². The van der Waals surface area contributed by atoms with Crippen LogP contribution in [-0.2, 0) is 9.53 Å². The van der Waals surface area contributed by atoms with E-state index in [9.17, 15) is 9.59 Å². The average molecular weight is 302 g/mol. The van der Waals surface area contributed by atoms with Gasteiger partial charge in [-0.2, -0.15) is 9.50 Å². The van der Waals surface area contributed by atoms with Crippen molar-refractivity contribution >= 4 is 22.6 Å². The topological polar surface area (TPSA) is 103 Å². The number of rotatable bonds is 3. The second-order valence-corrected chi connectivity index (χ2v) is 4.82. The van der Waals surface area contributed by atoms with Crippen LogP contribution in [-0.4, -0.2) is 43.9 Å². The summed E-state index contributed by atoms with van der Waals surface area (Å²) in [7, 11) is 1.41. The molecule has 0 saturated carbocycles. The molecule has 3 aromatic heterocycles. The summed E-state index contributed by atoms with van der Waals surface area (Å²) in [4.78, 5) is 32.5. The molecular formula is C13H14N6O3. The number of methoxy groups -OCH3 is 1. The van der Waals surface area contributed by atoms with Gasteiger partial charge < -0.3 is 4.74 Å². The van der Waals surface area contributed by atoms with Crippen molar-refractivity contribution < 1.29 is 9.53 Å². The predicted octanol–water partition coefficient (Wildman–Crippen LogP) is -0.227. The zero-order valence-electron chi connectivity index (χ0n) is 12.3. The molecule has 0 aliphatic heterocycles. The molecular weight excluding hydrogens is 288 g/mol. The van der Waals surface area contributed by atoms with Crippen molar-refractivity contribution in [1.82, 2.24) is 24.3 Å². The predicted molar refractivity (Wildman–Crippen MR) is 78.3 cm³/mol. The molecule has 0 unspecified atom stereocenters. The number of pyridine rings is 1. The summed E-state index contributed by atoms with van der Waals surface area (Å²) in [6.07, 6.45) is 1.43. The molecule has 0 bridgehead atoms. The summed E-state index contributed by atoms with van der Waals surface area (Å²) in [5.74, 6) is 0.567. The summed E-state index contributed by atoms with van der Waals surface area (Å²) in [5, 5.41) is 4.57. The fourth-order valence-electron chi connectivity index (χ4n) is 2.23. The summed E-state index contributed by atoms with van der Waals surface area (Å²) in [5.41, 5.74) is 3.25. The standard InChI is InChI=1S/C13H14N6O3/c1-7-4-10-9(5-14-13-15-8(2)16-19(10)13)12(21)18(7)17-11(20)6-22-3/h4-5H,6H2,1-3H3,(H,17,20). The number of aryl methyl sites for hydroxylation is 2. The minimum absolute atomic E-state index is 0.135. The zero-order chi connectivity index (χ0) is 15.9. The minimum atomic E-state index is -0.419. The lowest BCUT2D eigenvalue weighted by molar-refractivity contribution is -0.120. The molecule has 1 amide bonds. The van der Waals surface area contributed by atoms with E-state index in [1.165, 1.54) is 22.5 Å². The van der Waals surface area contributed by atoms with Crippen LogP contribution in [0.2, 0.25) is 0 Å². The lowest BCUT2D eigenvalue weighted by Crippen LogP contribution is -2.36. The van der Waals surface area contributed by atoms with Crippen molar-refractivity contribution in [2.24, 2.45) is 0 Å². The molecule has 0 atom stereocenters. The number of hydrogen-bond acceptors (Lipinski definition) is 6. The summed E-state index contributed by atoms with van der Waals surface area (Å²) >= 11 is 0. The Labute approximate surface area is 124 Å². The molecule has 1 N–H and O–H groups in total. The maximum atomic E-state index is 12.5. The first kappa shape index (κ1) is 14.1. The molecule has 9 nitrogen and oxygen atoms in total. The van der Waals surface area contributed by atoms with Gasteiger partial charge >= 0.3 is 0 Å². The van der Waals surface area contributed by atoms with Crippen molar-refractivity contribution in [3.63, 3.8) is 0 Å². The van der Waals surface area contributed by atoms with E-state index in [0.29, 0.717) is 28.2 Å². The monoisotopic (exact) mass is 302 g/mol. The van der Waals surface area contributed by atoms with E-state index in [2.05, 4.69) is 20.5 Å². The number of fused-ring (bicyclic) bond motifs is 3. The molecule has 3 heterocycles. The lowest BCUT2D eigenvalue weighted by Gasteiger charge is -2.12. The van der Waals surface area contributed by atoms with Gasteiger partial charge in [-0.25, -0.2) is 9.66 Å². The zero-order valence-corrected chi connectivity index (χ0v) is 12.3. The Bertz CT molecular complexity index is 942. The van der Waals surface area contributed by atoms with Gasteiger partial charge in [-0.05, 0) is 19.9 Å². The second kappa shape index (κ2) is 5.19. The van der Waals surface area contributed by atoms with Crippen LogP contribution < -0.4 is 11.0 Å². The van der Waals surface area contributed by atoms with Crippen LogP contribution in [0.5, 0.6) is 0 Å². The number of carbonyl (C=O) groups excluding carboxylic acids is 1. The van der Waals surface area contributed by atoms with Gasteiger partial charge in [-0.3, -0.25) is 15.0 Å². The Morgan fingerprint density at radius 2 is 2.18 bits per heavy atom. The average Bonchev–Trinajstić information content (AvgIpc) is 2.84. The highest BCUT2D eigenvalue weighted by molar-refractivity contribution is 5.86. The molecule has 0 aliphatic carbocycles. The van der Waals surface area contributed by atoms with Gasteiger partial charge in [0.15, 0.2) is 0 Å². The quantitative estimate of drug-likeness (QED) is 0.717. The van der Waals surface area contributed by atoms with E-state index < -0.39 is 5.91 Å². The van der Waals surface area contributed by atoms with Crippen molar-refractivity contribution in [2.75, 3.05) is 19.1 Å². The molecule has 3 rings (SSSR count). The van der Waals surface area contributed by atoms with Crippen LogP contribution in [0.4, 0.5) is 0 Å². The molecule has 0 aliphatic rings. The van der Waals surface area contributed by atoms with E-state index in [1.54, 1.807) is 19.9 Å². The fraction of sp³-hybridized carbons (Fsp3) is 0.308. The van der Waals surface area contributed by atoms with Crippen molar-refractivity contribution in [1.29, 1.82) is 0 Å². The summed E-state index contributed by atoms with van der Waals surface area (Å²) < 4.78 is 7.42. The van der Waals surface area contributed by atoms with Gasteiger partial charge in [0.1, 0.15) is 12.4 Å². The van der Waals surface area contributed by atoms with Crippen LogP contribution >= 0.6 is 0 Å². The number of carbonyl (C=O) groups is 1. The first-order chi connectivity index (χ1) is 10.5.